The second-order valence-electron chi connectivity index (χ2n) is 5.06. The van der Waals surface area contributed by atoms with Crippen molar-refractivity contribution in [3.63, 3.8) is 0 Å². The summed E-state index contributed by atoms with van der Waals surface area (Å²) in [5.74, 6) is 1.38. The number of pyridine rings is 1. The van der Waals surface area contributed by atoms with Crippen LogP contribution in [0.15, 0.2) is 24.4 Å². The molecular formula is C15H14N4S. The van der Waals surface area contributed by atoms with Gasteiger partial charge in [-0.3, -0.25) is 4.98 Å². The van der Waals surface area contributed by atoms with Crippen LogP contribution in [0.3, 0.4) is 0 Å². The lowest BCUT2D eigenvalue weighted by Crippen LogP contribution is -2.02. The topological polar surface area (TPSA) is 64.7 Å². The molecule has 0 amide bonds. The zero-order valence-electron chi connectivity index (χ0n) is 11.0. The Kier molecular flexibility index (Phi) is 2.67. The van der Waals surface area contributed by atoms with Crippen LogP contribution >= 0.6 is 11.3 Å². The van der Waals surface area contributed by atoms with Crippen LogP contribution in [0.1, 0.15) is 28.4 Å². The summed E-state index contributed by atoms with van der Waals surface area (Å²) in [6, 6.07) is 5.87. The second kappa shape index (κ2) is 4.52. The molecule has 3 heterocycles. The van der Waals surface area contributed by atoms with E-state index in [4.69, 9.17) is 5.73 Å². The summed E-state index contributed by atoms with van der Waals surface area (Å²) in [4.78, 5) is 16.0. The standard InChI is InChI=1S/C15H14N4S/c16-14-13-10-5-3-6-11(10)20-15(13)19-12(18-14)8-9-4-1-2-7-17-9/h1-2,4,7H,3,5-6,8H2,(H2,16,18,19). The lowest BCUT2D eigenvalue weighted by atomic mass is 10.2. The van der Waals surface area contributed by atoms with E-state index in [0.29, 0.717) is 12.2 Å². The third-order valence-corrected chi connectivity index (χ3v) is 4.89. The monoisotopic (exact) mass is 282 g/mol. The molecule has 2 N–H and O–H groups in total. The van der Waals surface area contributed by atoms with E-state index in [2.05, 4.69) is 15.0 Å². The van der Waals surface area contributed by atoms with Gasteiger partial charge in [-0.2, -0.15) is 0 Å². The molecule has 0 spiro atoms. The Bertz CT molecular complexity index is 779. The fraction of sp³-hybridized carbons (Fsp3) is 0.267. The van der Waals surface area contributed by atoms with Crippen LogP contribution in [-0.4, -0.2) is 15.0 Å². The summed E-state index contributed by atoms with van der Waals surface area (Å²) in [6.45, 7) is 0. The minimum atomic E-state index is 0.625. The third kappa shape index (κ3) is 1.86. The first-order chi connectivity index (χ1) is 9.81. The zero-order valence-corrected chi connectivity index (χ0v) is 11.8. The maximum atomic E-state index is 6.16. The molecule has 0 saturated heterocycles. The summed E-state index contributed by atoms with van der Waals surface area (Å²) < 4.78 is 0. The van der Waals surface area contributed by atoms with Crippen molar-refractivity contribution in [3.05, 3.63) is 46.4 Å². The Labute approximate surface area is 120 Å². The summed E-state index contributed by atoms with van der Waals surface area (Å²) in [7, 11) is 0. The van der Waals surface area contributed by atoms with Gasteiger partial charge in [0, 0.05) is 16.8 Å². The molecule has 0 bridgehead atoms. The van der Waals surface area contributed by atoms with E-state index in [9.17, 15) is 0 Å². The Morgan fingerprint density at radius 2 is 2.15 bits per heavy atom. The van der Waals surface area contributed by atoms with E-state index in [1.165, 1.54) is 16.9 Å². The van der Waals surface area contributed by atoms with Gasteiger partial charge in [0.15, 0.2) is 0 Å². The average Bonchev–Trinajstić information content (AvgIpc) is 2.99. The van der Waals surface area contributed by atoms with Gasteiger partial charge >= 0.3 is 0 Å². The predicted molar refractivity (Wildman–Crippen MR) is 80.9 cm³/mol. The minimum Gasteiger partial charge on any atom is -0.383 e. The molecule has 100 valence electrons. The highest BCUT2D eigenvalue weighted by molar-refractivity contribution is 7.19. The van der Waals surface area contributed by atoms with Crippen molar-refractivity contribution in [1.82, 2.24) is 15.0 Å². The van der Waals surface area contributed by atoms with Crippen molar-refractivity contribution in [3.8, 4) is 0 Å². The molecule has 1 aliphatic carbocycles. The van der Waals surface area contributed by atoms with Crippen molar-refractivity contribution in [1.29, 1.82) is 0 Å². The van der Waals surface area contributed by atoms with Crippen LogP contribution in [-0.2, 0) is 19.3 Å². The molecule has 4 rings (SSSR count). The molecule has 1 aliphatic rings. The Morgan fingerprint density at radius 3 is 3.00 bits per heavy atom. The number of thiophene rings is 1. The maximum Gasteiger partial charge on any atom is 0.138 e. The Hall–Kier alpha value is -2.01. The van der Waals surface area contributed by atoms with Crippen LogP contribution in [0.4, 0.5) is 5.82 Å². The minimum absolute atomic E-state index is 0.625. The van der Waals surface area contributed by atoms with Crippen molar-refractivity contribution < 1.29 is 0 Å². The van der Waals surface area contributed by atoms with Gasteiger partial charge in [-0.1, -0.05) is 6.07 Å². The number of aryl methyl sites for hydroxylation is 2. The molecule has 3 aromatic heterocycles. The van der Waals surface area contributed by atoms with Crippen molar-refractivity contribution in [2.24, 2.45) is 0 Å². The first kappa shape index (κ1) is 11.8. The largest absolute Gasteiger partial charge is 0.383 e. The van der Waals surface area contributed by atoms with E-state index in [0.717, 1.165) is 34.6 Å². The molecule has 0 atom stereocenters. The summed E-state index contributed by atoms with van der Waals surface area (Å²) in [6.07, 6.45) is 5.92. The smallest absolute Gasteiger partial charge is 0.138 e. The highest BCUT2D eigenvalue weighted by Gasteiger charge is 2.21. The van der Waals surface area contributed by atoms with Crippen molar-refractivity contribution in [2.45, 2.75) is 25.7 Å². The fourth-order valence-electron chi connectivity index (χ4n) is 2.81. The third-order valence-electron chi connectivity index (χ3n) is 3.70. The lowest BCUT2D eigenvalue weighted by molar-refractivity contribution is 0.915. The van der Waals surface area contributed by atoms with Gasteiger partial charge in [0.25, 0.3) is 0 Å². The SMILES string of the molecule is Nc1nc(Cc2ccccn2)nc2sc3c(c12)CCC3. The Balaban J connectivity index is 1.79. The number of fused-ring (bicyclic) bond motifs is 3. The highest BCUT2D eigenvalue weighted by Crippen LogP contribution is 2.38. The lowest BCUT2D eigenvalue weighted by Gasteiger charge is -2.03. The summed E-state index contributed by atoms with van der Waals surface area (Å²) >= 11 is 1.77. The number of nitrogens with zero attached hydrogens (tertiary/aromatic N) is 3. The van der Waals surface area contributed by atoms with Gasteiger partial charge in [-0.15, -0.1) is 11.3 Å². The fourth-order valence-corrected chi connectivity index (χ4v) is 4.10. The molecule has 0 saturated carbocycles. The van der Waals surface area contributed by atoms with Crippen molar-refractivity contribution in [2.75, 3.05) is 5.73 Å². The predicted octanol–water partition coefficient (Wildman–Crippen LogP) is 2.75. The van der Waals surface area contributed by atoms with Crippen LogP contribution in [0.2, 0.25) is 0 Å². The van der Waals surface area contributed by atoms with E-state index in [1.54, 1.807) is 17.5 Å². The molecule has 5 heteroatoms. The number of rotatable bonds is 2. The number of nitrogen functional groups attached to an aromatic ring is 1. The van der Waals surface area contributed by atoms with E-state index in [-0.39, 0.29) is 0 Å². The van der Waals surface area contributed by atoms with Gasteiger partial charge in [-0.05, 0) is 37.0 Å². The van der Waals surface area contributed by atoms with Gasteiger partial charge in [0.1, 0.15) is 16.5 Å². The van der Waals surface area contributed by atoms with Gasteiger partial charge < -0.3 is 5.73 Å². The molecular weight excluding hydrogens is 268 g/mol. The molecule has 0 radical (unpaired) electrons. The second-order valence-corrected chi connectivity index (χ2v) is 6.14. The quantitative estimate of drug-likeness (QED) is 0.785. The highest BCUT2D eigenvalue weighted by atomic mass is 32.1. The molecule has 20 heavy (non-hydrogen) atoms. The van der Waals surface area contributed by atoms with E-state index in [1.807, 2.05) is 18.2 Å². The number of nitrogens with two attached hydrogens (primary N) is 1. The first-order valence-corrected chi connectivity index (χ1v) is 7.59. The summed E-state index contributed by atoms with van der Waals surface area (Å²) in [5, 5.41) is 1.09. The number of hydrogen-bond donors (Lipinski definition) is 1. The van der Waals surface area contributed by atoms with Gasteiger partial charge in [-0.25, -0.2) is 9.97 Å². The Morgan fingerprint density at radius 1 is 1.20 bits per heavy atom. The number of aromatic nitrogens is 3. The molecule has 0 fully saturated rings. The number of hydrogen-bond acceptors (Lipinski definition) is 5. The van der Waals surface area contributed by atoms with Gasteiger partial charge in [0.05, 0.1) is 11.8 Å². The summed E-state index contributed by atoms with van der Waals surface area (Å²) in [5.41, 5.74) is 8.51. The molecule has 3 aromatic rings. The number of anilines is 1. The van der Waals surface area contributed by atoms with Gasteiger partial charge in [0.2, 0.25) is 0 Å². The van der Waals surface area contributed by atoms with E-state index >= 15 is 0 Å². The van der Waals surface area contributed by atoms with E-state index < -0.39 is 0 Å². The molecule has 0 unspecified atom stereocenters. The van der Waals surface area contributed by atoms with Crippen LogP contribution < -0.4 is 5.73 Å². The molecule has 0 aliphatic heterocycles. The van der Waals surface area contributed by atoms with Crippen LogP contribution in [0.25, 0.3) is 10.2 Å². The first-order valence-electron chi connectivity index (χ1n) is 6.78. The molecule has 0 aromatic carbocycles. The zero-order chi connectivity index (χ0) is 13.5. The maximum absolute atomic E-state index is 6.16. The normalized spacial score (nSPS) is 13.8. The van der Waals surface area contributed by atoms with Crippen molar-refractivity contribution >= 4 is 27.4 Å². The van der Waals surface area contributed by atoms with Crippen LogP contribution in [0.5, 0.6) is 0 Å². The molecule has 4 nitrogen and oxygen atoms in total. The average molecular weight is 282 g/mol. The van der Waals surface area contributed by atoms with Crippen LogP contribution in [0, 0.1) is 0 Å².